The average molecular weight is 506 g/mol. The van der Waals surface area contributed by atoms with E-state index in [9.17, 15) is 31.5 Å². The molecule has 34 heavy (non-hydrogen) atoms. The summed E-state index contributed by atoms with van der Waals surface area (Å²) < 4.78 is 73.1. The van der Waals surface area contributed by atoms with Crippen molar-refractivity contribution in [2.75, 3.05) is 7.11 Å². The van der Waals surface area contributed by atoms with E-state index in [4.69, 9.17) is 4.74 Å². The number of amides is 1. The zero-order chi connectivity index (χ0) is 24.4. The van der Waals surface area contributed by atoms with Crippen molar-refractivity contribution in [1.82, 2.24) is 14.5 Å². The van der Waals surface area contributed by atoms with E-state index >= 15 is 0 Å². The molecule has 1 radical (unpaired) electrons. The van der Waals surface area contributed by atoms with Gasteiger partial charge in [0.1, 0.15) is 5.75 Å². The molecular formula is C21H20F3N3NaO5S. The number of sulfonamides is 1. The van der Waals surface area contributed by atoms with Crippen molar-refractivity contribution < 1.29 is 36.2 Å². The molecule has 1 aromatic heterocycles. The molecule has 177 valence electrons. The third kappa shape index (κ3) is 5.99. The predicted octanol–water partition coefficient (Wildman–Crippen LogP) is 2.89. The Morgan fingerprint density at radius 3 is 2.32 bits per heavy atom. The Kier molecular flexibility index (Phi) is 8.94. The Bertz CT molecular complexity index is 1280. The van der Waals surface area contributed by atoms with Crippen LogP contribution in [-0.4, -0.2) is 65.9 Å². The summed E-state index contributed by atoms with van der Waals surface area (Å²) in [5, 5.41) is 13.4. The van der Waals surface area contributed by atoms with Crippen molar-refractivity contribution >= 4 is 45.5 Å². The van der Waals surface area contributed by atoms with Gasteiger partial charge in [-0.2, -0.15) is 18.3 Å². The van der Waals surface area contributed by atoms with E-state index in [-0.39, 0.29) is 57.8 Å². The largest absolute Gasteiger partial charge is 0.497 e. The van der Waals surface area contributed by atoms with Crippen molar-refractivity contribution in [2.24, 2.45) is 0 Å². The van der Waals surface area contributed by atoms with Crippen molar-refractivity contribution in [3.63, 3.8) is 0 Å². The first-order chi connectivity index (χ1) is 15.5. The molecule has 0 spiro atoms. The van der Waals surface area contributed by atoms with Gasteiger partial charge >= 0.3 is 6.18 Å². The number of nitrogens with zero attached hydrogens (tertiary/aromatic N) is 2. The van der Waals surface area contributed by atoms with Gasteiger partial charge in [0.15, 0.2) is 5.69 Å². The van der Waals surface area contributed by atoms with Crippen molar-refractivity contribution in [1.29, 1.82) is 0 Å². The molecule has 3 aromatic rings. The number of halogens is 3. The van der Waals surface area contributed by atoms with E-state index in [0.29, 0.717) is 11.3 Å². The fraction of sp³-hybridized carbons (Fsp3) is 0.238. The molecule has 13 heteroatoms. The van der Waals surface area contributed by atoms with Crippen LogP contribution < -0.4 is 9.46 Å². The number of rotatable bonds is 7. The van der Waals surface area contributed by atoms with Gasteiger partial charge in [0.2, 0.25) is 5.91 Å². The maximum Gasteiger partial charge on any atom is 0.435 e. The number of methoxy groups -OCH3 is 1. The monoisotopic (exact) mass is 506 g/mol. The zero-order valence-electron chi connectivity index (χ0n) is 18.5. The van der Waals surface area contributed by atoms with Crippen LogP contribution in [0.15, 0.2) is 53.4 Å². The normalized spacial score (nSPS) is 11.6. The minimum atomic E-state index is -4.72. The van der Waals surface area contributed by atoms with Crippen LogP contribution in [0.2, 0.25) is 0 Å². The summed E-state index contributed by atoms with van der Waals surface area (Å²) >= 11 is 0. The molecule has 0 aliphatic carbocycles. The summed E-state index contributed by atoms with van der Waals surface area (Å²) in [6.07, 6.45) is -4.80. The Morgan fingerprint density at radius 1 is 1.15 bits per heavy atom. The molecule has 8 nitrogen and oxygen atoms in total. The Labute approximate surface area is 216 Å². The minimum absolute atomic E-state index is 0. The number of nitrogens with one attached hydrogen (secondary N) is 1. The van der Waals surface area contributed by atoms with Crippen LogP contribution in [0, 0.1) is 0 Å². The molecule has 0 saturated carbocycles. The molecule has 0 unspecified atom stereocenters. The molecule has 0 fully saturated rings. The van der Waals surface area contributed by atoms with Gasteiger partial charge in [-0.15, -0.1) is 0 Å². The third-order valence-electron chi connectivity index (χ3n) is 4.70. The van der Waals surface area contributed by atoms with E-state index in [2.05, 4.69) is 5.10 Å². The van der Waals surface area contributed by atoms with E-state index < -0.39 is 34.4 Å². The number of carbonyl (C=O) groups excluding carboxylic acids is 1. The maximum atomic E-state index is 13.4. The summed E-state index contributed by atoms with van der Waals surface area (Å²) in [5.74, 6) is -0.237. The molecule has 2 aromatic carbocycles. The Morgan fingerprint density at radius 2 is 1.79 bits per heavy atom. The van der Waals surface area contributed by atoms with Gasteiger partial charge in [-0.3, -0.25) is 4.79 Å². The van der Waals surface area contributed by atoms with Gasteiger partial charge in [0.25, 0.3) is 10.0 Å². The zero-order valence-corrected chi connectivity index (χ0v) is 21.4. The first-order valence-electron chi connectivity index (χ1n) is 9.61. The summed E-state index contributed by atoms with van der Waals surface area (Å²) in [6.45, 7) is 0.729. The summed E-state index contributed by atoms with van der Waals surface area (Å²) in [7, 11) is -2.83. The first-order valence-corrected chi connectivity index (χ1v) is 11.1. The molecule has 0 atom stereocenters. The smallest absolute Gasteiger partial charge is 0.435 e. The second kappa shape index (κ2) is 10.9. The third-order valence-corrected chi connectivity index (χ3v) is 6.18. The van der Waals surface area contributed by atoms with E-state index in [1.54, 1.807) is 24.3 Å². The molecule has 0 aliphatic heterocycles. The number of hydrogen-bond donors (Lipinski definition) is 2. The summed E-state index contributed by atoms with van der Waals surface area (Å²) in [6, 6.07) is 10.7. The molecule has 2 N–H and O–H groups in total. The molecule has 1 amide bonds. The Balaban J connectivity index is 0.00000408. The molecular weight excluding hydrogens is 486 g/mol. The number of ether oxygens (including phenoxy) is 1. The fourth-order valence-electron chi connectivity index (χ4n) is 3.04. The van der Waals surface area contributed by atoms with E-state index in [0.717, 1.165) is 16.8 Å². The van der Waals surface area contributed by atoms with E-state index in [1.807, 2.05) is 4.72 Å². The maximum absolute atomic E-state index is 13.4. The fourth-order valence-corrected chi connectivity index (χ4v) is 4.31. The number of aliphatic hydroxyl groups is 1. The predicted molar refractivity (Wildman–Crippen MR) is 118 cm³/mol. The first kappa shape index (κ1) is 27.9. The minimum Gasteiger partial charge on any atom is -0.497 e. The standard InChI is InChI=1S/C21H20F3N3O5S.Na/c1-3-20(29)26-33(30,31)18-9-6-15(10-14(18)12-28)27-17(11-19(25-27)21(22,23)24)13-4-7-16(32-2)8-5-13;/h4-11,28H,3,12H2,1-2H3,(H,26,29);. The van der Waals surface area contributed by atoms with Crippen LogP contribution in [0.1, 0.15) is 24.6 Å². The van der Waals surface area contributed by atoms with Gasteiger partial charge < -0.3 is 9.84 Å². The van der Waals surface area contributed by atoms with Gasteiger partial charge in [-0.25, -0.2) is 17.8 Å². The van der Waals surface area contributed by atoms with Crippen molar-refractivity contribution in [2.45, 2.75) is 31.0 Å². The van der Waals surface area contributed by atoms with Crippen LogP contribution >= 0.6 is 0 Å². The van der Waals surface area contributed by atoms with Gasteiger partial charge in [-0.05, 0) is 48.5 Å². The molecule has 0 saturated heterocycles. The van der Waals surface area contributed by atoms with Crippen LogP contribution in [-0.2, 0) is 27.6 Å². The molecule has 0 bridgehead atoms. The second-order valence-corrected chi connectivity index (χ2v) is 8.54. The van der Waals surface area contributed by atoms with Gasteiger partial charge in [0, 0.05) is 47.1 Å². The van der Waals surface area contributed by atoms with Crippen molar-refractivity contribution in [3.8, 4) is 22.7 Å². The summed E-state index contributed by atoms with van der Waals surface area (Å²) in [4.78, 5) is 11.2. The molecule has 0 aliphatic rings. The number of aliphatic hydroxyl groups excluding tert-OH is 1. The quantitative estimate of drug-likeness (QED) is 0.477. The SMILES string of the molecule is CCC(=O)NS(=O)(=O)c1ccc(-n2nc(C(F)(F)F)cc2-c2ccc(OC)cc2)cc1CO.[Na]. The van der Waals surface area contributed by atoms with E-state index in [1.165, 1.54) is 26.2 Å². The van der Waals surface area contributed by atoms with Crippen LogP contribution in [0.3, 0.4) is 0 Å². The number of alkyl halides is 3. The van der Waals surface area contributed by atoms with Crippen molar-refractivity contribution in [3.05, 3.63) is 59.8 Å². The average Bonchev–Trinajstić information content (AvgIpc) is 3.24. The Hall–Kier alpha value is -2.38. The van der Waals surface area contributed by atoms with Crippen LogP contribution in [0.25, 0.3) is 16.9 Å². The van der Waals surface area contributed by atoms with Crippen LogP contribution in [0.4, 0.5) is 13.2 Å². The van der Waals surface area contributed by atoms with Gasteiger partial charge in [0.05, 0.1) is 30.0 Å². The molecule has 3 rings (SSSR count). The number of hydrogen-bond acceptors (Lipinski definition) is 6. The molecule has 1 heterocycles. The number of aromatic nitrogens is 2. The topological polar surface area (TPSA) is 111 Å². The number of carbonyl (C=O) groups is 1. The van der Waals surface area contributed by atoms with Gasteiger partial charge in [-0.1, -0.05) is 6.92 Å². The van der Waals surface area contributed by atoms with Crippen LogP contribution in [0.5, 0.6) is 5.75 Å². The second-order valence-electron chi connectivity index (χ2n) is 6.89. The summed E-state index contributed by atoms with van der Waals surface area (Å²) in [5.41, 5.74) is -0.694. The number of benzene rings is 2.